The number of carbonyl (C=O) groups excluding carboxylic acids is 1. The molecule has 1 rings (SSSR count). The number of rotatable bonds is 1. The van der Waals surface area contributed by atoms with E-state index < -0.39 is 0 Å². The number of hydrazine groups is 1. The highest BCUT2D eigenvalue weighted by Crippen LogP contribution is 2.17. The average Bonchev–Trinajstić information content (AvgIpc) is 2.11. The van der Waals surface area contributed by atoms with Crippen molar-refractivity contribution in [1.29, 1.82) is 0 Å². The summed E-state index contributed by atoms with van der Waals surface area (Å²) >= 11 is 0. The zero-order valence-electron chi connectivity index (χ0n) is 6.79. The molecule has 1 amide bonds. The van der Waals surface area contributed by atoms with Crippen molar-refractivity contribution in [3.63, 3.8) is 0 Å². The molecule has 1 aliphatic rings. The first-order valence-electron chi connectivity index (χ1n) is 3.62. The number of nitrogens with zero attached hydrogens (tertiary/aromatic N) is 2. The summed E-state index contributed by atoms with van der Waals surface area (Å²) in [6, 6.07) is 0.391. The van der Waals surface area contributed by atoms with Crippen LogP contribution >= 0.6 is 0 Å². The lowest BCUT2D eigenvalue weighted by Crippen LogP contribution is -2.42. The third-order valence-corrected chi connectivity index (χ3v) is 1.88. The van der Waals surface area contributed by atoms with E-state index in [9.17, 15) is 4.79 Å². The van der Waals surface area contributed by atoms with Crippen LogP contribution < -0.4 is 0 Å². The topological polar surface area (TPSA) is 23.6 Å². The maximum absolute atomic E-state index is 11.1. The summed E-state index contributed by atoms with van der Waals surface area (Å²) in [5.41, 5.74) is 0. The Morgan fingerprint density at radius 3 is 2.40 bits per heavy atom. The van der Waals surface area contributed by atoms with Gasteiger partial charge in [-0.3, -0.25) is 9.80 Å². The van der Waals surface area contributed by atoms with Gasteiger partial charge < -0.3 is 0 Å². The van der Waals surface area contributed by atoms with Crippen LogP contribution in [0.1, 0.15) is 19.8 Å². The molecule has 10 heavy (non-hydrogen) atoms. The highest BCUT2D eigenvalue weighted by molar-refractivity contribution is 5.78. The molecule has 0 bridgehead atoms. The monoisotopic (exact) mass is 142 g/mol. The van der Waals surface area contributed by atoms with Gasteiger partial charge in [-0.15, -0.1) is 0 Å². The lowest BCUT2D eigenvalue weighted by molar-refractivity contribution is -0.142. The van der Waals surface area contributed by atoms with Gasteiger partial charge in [0.1, 0.15) is 0 Å². The predicted molar refractivity (Wildman–Crippen MR) is 39.2 cm³/mol. The van der Waals surface area contributed by atoms with Gasteiger partial charge in [-0.1, -0.05) is 0 Å². The second kappa shape index (κ2) is 2.58. The minimum atomic E-state index is 0.248. The Morgan fingerprint density at radius 1 is 1.60 bits per heavy atom. The Hall–Kier alpha value is -0.570. The SMILES string of the molecule is CC1CCC(=O)N1N(C)C. The summed E-state index contributed by atoms with van der Waals surface area (Å²) in [4.78, 5) is 11.1. The molecule has 58 valence electrons. The minimum absolute atomic E-state index is 0.248. The van der Waals surface area contributed by atoms with E-state index in [-0.39, 0.29) is 5.91 Å². The molecule has 0 saturated carbocycles. The number of amides is 1. The highest BCUT2D eigenvalue weighted by Gasteiger charge is 2.28. The van der Waals surface area contributed by atoms with Crippen molar-refractivity contribution < 1.29 is 4.79 Å². The van der Waals surface area contributed by atoms with Crippen molar-refractivity contribution in [2.75, 3.05) is 14.1 Å². The zero-order chi connectivity index (χ0) is 7.72. The molecular formula is C7H14N2O. The Kier molecular flexibility index (Phi) is 1.94. The fourth-order valence-corrected chi connectivity index (χ4v) is 1.43. The van der Waals surface area contributed by atoms with Crippen LogP contribution in [0.25, 0.3) is 0 Å². The van der Waals surface area contributed by atoms with Gasteiger partial charge in [-0.05, 0) is 13.3 Å². The normalized spacial score (nSPS) is 26.6. The van der Waals surface area contributed by atoms with Gasteiger partial charge >= 0.3 is 0 Å². The fraction of sp³-hybridized carbons (Fsp3) is 0.857. The third kappa shape index (κ3) is 1.14. The van der Waals surface area contributed by atoms with Crippen LogP contribution in [0, 0.1) is 0 Å². The van der Waals surface area contributed by atoms with Gasteiger partial charge in [-0.25, -0.2) is 5.01 Å². The van der Waals surface area contributed by atoms with Crippen molar-refractivity contribution >= 4 is 5.91 Å². The van der Waals surface area contributed by atoms with Gasteiger partial charge in [0.15, 0.2) is 0 Å². The number of hydrogen-bond donors (Lipinski definition) is 0. The Morgan fingerprint density at radius 2 is 2.20 bits per heavy atom. The standard InChI is InChI=1S/C7H14N2O/c1-6-4-5-7(10)9(6)8(2)3/h6H,4-5H2,1-3H3. The van der Waals surface area contributed by atoms with E-state index in [0.717, 1.165) is 6.42 Å². The first kappa shape index (κ1) is 7.54. The molecule has 0 aromatic heterocycles. The quantitative estimate of drug-likeness (QED) is 0.531. The first-order valence-corrected chi connectivity index (χ1v) is 3.62. The van der Waals surface area contributed by atoms with Gasteiger partial charge in [0.25, 0.3) is 0 Å². The Balaban J connectivity index is 2.63. The second-order valence-electron chi connectivity index (χ2n) is 2.97. The lowest BCUT2D eigenvalue weighted by atomic mass is 10.3. The smallest absolute Gasteiger partial charge is 0.237 e. The van der Waals surface area contributed by atoms with Crippen molar-refractivity contribution in [3.05, 3.63) is 0 Å². The van der Waals surface area contributed by atoms with Crippen molar-refractivity contribution in [2.45, 2.75) is 25.8 Å². The van der Waals surface area contributed by atoms with Crippen LogP contribution in [0.2, 0.25) is 0 Å². The Labute approximate surface area is 61.6 Å². The van der Waals surface area contributed by atoms with Crippen LogP contribution in [-0.4, -0.2) is 36.1 Å². The van der Waals surface area contributed by atoms with Crippen LogP contribution in [0.4, 0.5) is 0 Å². The lowest BCUT2D eigenvalue weighted by Gasteiger charge is -2.28. The number of carbonyl (C=O) groups is 1. The van der Waals surface area contributed by atoms with E-state index in [2.05, 4.69) is 6.92 Å². The largest absolute Gasteiger partial charge is 0.273 e. The van der Waals surface area contributed by atoms with Crippen LogP contribution in [0.5, 0.6) is 0 Å². The maximum Gasteiger partial charge on any atom is 0.237 e. The molecule has 0 aliphatic carbocycles. The van der Waals surface area contributed by atoms with Gasteiger partial charge in [0, 0.05) is 26.6 Å². The second-order valence-corrected chi connectivity index (χ2v) is 2.97. The Bertz CT molecular complexity index is 145. The van der Waals surface area contributed by atoms with Crippen molar-refractivity contribution in [2.24, 2.45) is 0 Å². The maximum atomic E-state index is 11.1. The van der Waals surface area contributed by atoms with E-state index in [1.807, 2.05) is 19.1 Å². The van der Waals surface area contributed by atoms with Crippen LogP contribution in [0.15, 0.2) is 0 Å². The molecular weight excluding hydrogens is 128 g/mol. The molecule has 0 aromatic carbocycles. The summed E-state index contributed by atoms with van der Waals surface area (Å²) in [6.45, 7) is 2.07. The van der Waals surface area contributed by atoms with E-state index in [1.54, 1.807) is 5.01 Å². The third-order valence-electron chi connectivity index (χ3n) is 1.88. The molecule has 1 heterocycles. The predicted octanol–water partition coefficient (Wildman–Crippen LogP) is 0.474. The van der Waals surface area contributed by atoms with Gasteiger partial charge in [0.2, 0.25) is 5.91 Å². The molecule has 1 saturated heterocycles. The summed E-state index contributed by atoms with van der Waals surface area (Å²) in [5.74, 6) is 0.248. The molecule has 1 fully saturated rings. The molecule has 0 aromatic rings. The van der Waals surface area contributed by atoms with E-state index >= 15 is 0 Å². The molecule has 1 aliphatic heterocycles. The first-order chi connectivity index (χ1) is 4.63. The molecule has 0 N–H and O–H groups in total. The minimum Gasteiger partial charge on any atom is -0.273 e. The highest BCUT2D eigenvalue weighted by atomic mass is 16.2. The molecule has 0 radical (unpaired) electrons. The van der Waals surface area contributed by atoms with E-state index in [0.29, 0.717) is 12.5 Å². The molecule has 3 nitrogen and oxygen atoms in total. The molecule has 3 heteroatoms. The molecule has 0 spiro atoms. The molecule has 1 atom stereocenters. The van der Waals surface area contributed by atoms with Crippen molar-refractivity contribution in [3.8, 4) is 0 Å². The van der Waals surface area contributed by atoms with Crippen LogP contribution in [-0.2, 0) is 4.79 Å². The summed E-state index contributed by atoms with van der Waals surface area (Å²) in [6.07, 6.45) is 1.70. The van der Waals surface area contributed by atoms with Gasteiger partial charge in [0.05, 0.1) is 0 Å². The molecule has 1 unspecified atom stereocenters. The van der Waals surface area contributed by atoms with E-state index in [4.69, 9.17) is 0 Å². The van der Waals surface area contributed by atoms with E-state index in [1.165, 1.54) is 0 Å². The average molecular weight is 142 g/mol. The number of hydrogen-bond acceptors (Lipinski definition) is 2. The fourth-order valence-electron chi connectivity index (χ4n) is 1.43. The zero-order valence-corrected chi connectivity index (χ0v) is 6.79. The summed E-state index contributed by atoms with van der Waals surface area (Å²) in [5, 5.41) is 3.67. The van der Waals surface area contributed by atoms with Crippen LogP contribution in [0.3, 0.4) is 0 Å². The summed E-state index contributed by atoms with van der Waals surface area (Å²) in [7, 11) is 3.80. The summed E-state index contributed by atoms with van der Waals surface area (Å²) < 4.78 is 0. The van der Waals surface area contributed by atoms with Gasteiger partial charge in [-0.2, -0.15) is 0 Å². The van der Waals surface area contributed by atoms with Crippen molar-refractivity contribution in [1.82, 2.24) is 10.0 Å².